The van der Waals surface area contributed by atoms with Crippen LogP contribution in [0.1, 0.15) is 38.8 Å². The van der Waals surface area contributed by atoms with Gasteiger partial charge in [-0.3, -0.25) is 14.4 Å². The molecule has 1 aliphatic heterocycles. The van der Waals surface area contributed by atoms with E-state index in [0.717, 1.165) is 21.9 Å². The third-order valence-electron chi connectivity index (χ3n) is 7.92. The monoisotopic (exact) mass is 614 g/mol. The maximum Gasteiger partial charge on any atom is 0.337 e. The summed E-state index contributed by atoms with van der Waals surface area (Å²) in [5.41, 5.74) is 3.73. The molecule has 4 aromatic rings. The van der Waals surface area contributed by atoms with Gasteiger partial charge in [0.1, 0.15) is 6.04 Å². The molecule has 9 nitrogen and oxygen atoms in total. The quantitative estimate of drug-likeness (QED) is 0.294. The van der Waals surface area contributed by atoms with E-state index in [2.05, 4.69) is 16.7 Å². The molecular formula is C34H35ClN4O5. The predicted octanol–water partition coefficient (Wildman–Crippen LogP) is 4.64. The molecule has 5 rings (SSSR count). The Hall–Kier alpha value is -4.73. The van der Waals surface area contributed by atoms with Crippen LogP contribution >= 0.6 is 12.4 Å². The van der Waals surface area contributed by atoms with Gasteiger partial charge in [-0.25, -0.2) is 4.79 Å². The molecule has 1 aliphatic rings. The van der Waals surface area contributed by atoms with Gasteiger partial charge in [-0.15, -0.1) is 12.4 Å². The van der Waals surface area contributed by atoms with Gasteiger partial charge in [0.25, 0.3) is 11.8 Å². The molecule has 0 fully saturated rings. The number of fused-ring (bicyclic) bond motifs is 2. The van der Waals surface area contributed by atoms with Crippen molar-refractivity contribution in [2.45, 2.75) is 32.5 Å². The number of likely N-dealkylation sites (N-methyl/N-ethyl adjacent to an activating group) is 1. The number of esters is 1. The molecule has 0 saturated heterocycles. The van der Waals surface area contributed by atoms with Gasteiger partial charge in [-0.1, -0.05) is 48.5 Å². The number of halogens is 1. The third-order valence-corrected chi connectivity index (χ3v) is 7.92. The number of nitrogens with one attached hydrogen (secondary N) is 2. The number of amides is 3. The Morgan fingerprint density at radius 1 is 0.909 bits per heavy atom. The fourth-order valence-electron chi connectivity index (χ4n) is 5.31. The van der Waals surface area contributed by atoms with E-state index in [-0.39, 0.29) is 43.2 Å². The van der Waals surface area contributed by atoms with Crippen LogP contribution in [0.25, 0.3) is 10.8 Å². The van der Waals surface area contributed by atoms with E-state index in [9.17, 15) is 19.2 Å². The van der Waals surface area contributed by atoms with Crippen molar-refractivity contribution in [2.24, 2.45) is 0 Å². The summed E-state index contributed by atoms with van der Waals surface area (Å²) >= 11 is 0. The van der Waals surface area contributed by atoms with E-state index in [0.29, 0.717) is 22.5 Å². The van der Waals surface area contributed by atoms with Gasteiger partial charge in [0.2, 0.25) is 5.91 Å². The highest BCUT2D eigenvalue weighted by molar-refractivity contribution is 6.13. The first-order chi connectivity index (χ1) is 20.7. The number of methoxy groups -OCH3 is 1. The molecule has 3 amide bonds. The summed E-state index contributed by atoms with van der Waals surface area (Å²) in [6.07, 6.45) is 0. The Morgan fingerprint density at radius 3 is 2.23 bits per heavy atom. The van der Waals surface area contributed by atoms with Gasteiger partial charge < -0.3 is 25.2 Å². The van der Waals surface area contributed by atoms with Crippen molar-refractivity contribution in [1.82, 2.24) is 10.6 Å². The first kappa shape index (κ1) is 32.2. The van der Waals surface area contributed by atoms with Gasteiger partial charge in [0.05, 0.1) is 43.2 Å². The molecule has 1 heterocycles. The highest BCUT2D eigenvalue weighted by atomic mass is 35.5. The second kappa shape index (κ2) is 13.7. The zero-order valence-electron chi connectivity index (χ0n) is 25.0. The number of rotatable bonds is 7. The summed E-state index contributed by atoms with van der Waals surface area (Å²) in [7, 11) is 2.96. The maximum atomic E-state index is 14.4. The molecular weight excluding hydrogens is 580 g/mol. The van der Waals surface area contributed by atoms with Gasteiger partial charge in [-0.2, -0.15) is 0 Å². The molecule has 0 aliphatic carbocycles. The zero-order valence-corrected chi connectivity index (χ0v) is 25.8. The lowest BCUT2D eigenvalue weighted by atomic mass is 9.99. The second-order valence-corrected chi connectivity index (χ2v) is 10.6. The van der Waals surface area contributed by atoms with Crippen molar-refractivity contribution in [3.05, 3.63) is 107 Å². The van der Waals surface area contributed by atoms with Crippen LogP contribution in [0.4, 0.5) is 11.4 Å². The summed E-state index contributed by atoms with van der Waals surface area (Å²) in [6, 6.07) is 23.9. The molecule has 2 N–H and O–H groups in total. The SMILES string of the molecule is CNC(C)C(=O)NC1CN(C(=O)c2ccc(C(=O)OC)cc2)c2ccccc2N(Cc2c(C)ccc3ccccc23)C1=O.Cl. The van der Waals surface area contributed by atoms with Crippen molar-refractivity contribution >= 4 is 58.2 Å². The second-order valence-electron chi connectivity index (χ2n) is 10.6. The standard InChI is InChI=1S/C34H34N4O5.ClH/c1-21-13-14-23-9-5-6-10-26(23)27(21)19-37-29-11-7-8-12-30(29)38(20-28(33(37)41)36-31(39)22(2)35-3)32(40)24-15-17-25(18-16-24)34(42)43-4;/h5-18,22,28,35H,19-20H2,1-4H3,(H,36,39);1H. The average Bonchev–Trinajstić information content (AvgIpc) is 3.15. The van der Waals surface area contributed by atoms with Crippen LogP contribution in [-0.2, 0) is 20.9 Å². The average molecular weight is 615 g/mol. The number of benzene rings is 4. The van der Waals surface area contributed by atoms with E-state index in [1.165, 1.54) is 24.1 Å². The Kier molecular flexibility index (Phi) is 10.0. The van der Waals surface area contributed by atoms with Crippen molar-refractivity contribution in [2.75, 3.05) is 30.5 Å². The molecule has 0 saturated carbocycles. The molecule has 44 heavy (non-hydrogen) atoms. The molecule has 0 aromatic heterocycles. The lowest BCUT2D eigenvalue weighted by Gasteiger charge is -2.27. The summed E-state index contributed by atoms with van der Waals surface area (Å²) in [5, 5.41) is 7.87. The summed E-state index contributed by atoms with van der Waals surface area (Å²) in [5.74, 6) is -1.57. The number of anilines is 2. The molecule has 10 heteroatoms. The number of carbonyl (C=O) groups excluding carboxylic acids is 4. The number of para-hydroxylation sites is 2. The highest BCUT2D eigenvalue weighted by Crippen LogP contribution is 2.36. The van der Waals surface area contributed by atoms with Crippen molar-refractivity contribution < 1.29 is 23.9 Å². The summed E-state index contributed by atoms with van der Waals surface area (Å²) < 4.78 is 4.78. The maximum absolute atomic E-state index is 14.4. The lowest BCUT2D eigenvalue weighted by molar-refractivity contribution is -0.128. The Bertz CT molecular complexity index is 1710. The third kappa shape index (κ3) is 6.29. The minimum atomic E-state index is -1.02. The van der Waals surface area contributed by atoms with Crippen molar-refractivity contribution in [3.8, 4) is 0 Å². The van der Waals surface area contributed by atoms with Crippen molar-refractivity contribution in [3.63, 3.8) is 0 Å². The largest absolute Gasteiger partial charge is 0.465 e. The number of hydrogen-bond acceptors (Lipinski definition) is 6. The molecule has 2 unspecified atom stereocenters. The predicted molar refractivity (Wildman–Crippen MR) is 173 cm³/mol. The fraction of sp³-hybridized carbons (Fsp3) is 0.235. The molecule has 4 aromatic carbocycles. The van der Waals surface area contributed by atoms with E-state index in [1.54, 1.807) is 37.1 Å². The number of ether oxygens (including phenoxy) is 1. The molecule has 0 spiro atoms. The topological polar surface area (TPSA) is 108 Å². The van der Waals surface area contributed by atoms with Gasteiger partial charge in [0.15, 0.2) is 0 Å². The number of aryl methyl sites for hydroxylation is 1. The fourth-order valence-corrected chi connectivity index (χ4v) is 5.31. The summed E-state index contributed by atoms with van der Waals surface area (Å²) in [4.78, 5) is 56.6. The number of carbonyl (C=O) groups is 4. The number of hydrogen-bond donors (Lipinski definition) is 2. The van der Waals surface area contributed by atoms with Gasteiger partial charge in [0, 0.05) is 5.56 Å². The van der Waals surface area contributed by atoms with Crippen LogP contribution < -0.4 is 20.4 Å². The van der Waals surface area contributed by atoms with Gasteiger partial charge >= 0.3 is 5.97 Å². The smallest absolute Gasteiger partial charge is 0.337 e. The molecule has 2 atom stereocenters. The van der Waals surface area contributed by atoms with E-state index in [4.69, 9.17) is 4.74 Å². The number of nitrogens with zero attached hydrogens (tertiary/aromatic N) is 2. The van der Waals surface area contributed by atoms with Crippen LogP contribution in [0.5, 0.6) is 0 Å². The van der Waals surface area contributed by atoms with Crippen molar-refractivity contribution in [1.29, 1.82) is 0 Å². The van der Waals surface area contributed by atoms with E-state index < -0.39 is 18.1 Å². The Labute approximate surface area is 262 Å². The first-order valence-electron chi connectivity index (χ1n) is 14.1. The van der Waals surface area contributed by atoms with Crippen LogP contribution in [0, 0.1) is 6.92 Å². The van der Waals surface area contributed by atoms with Crippen LogP contribution in [0.15, 0.2) is 84.9 Å². The van der Waals surface area contributed by atoms with Crippen LogP contribution in [0.3, 0.4) is 0 Å². The zero-order chi connectivity index (χ0) is 30.7. The van der Waals surface area contributed by atoms with Gasteiger partial charge in [-0.05, 0) is 79.2 Å². The molecule has 0 radical (unpaired) electrons. The first-order valence-corrected chi connectivity index (χ1v) is 14.1. The Balaban J connectivity index is 0.00000442. The van der Waals surface area contributed by atoms with Crippen LogP contribution in [0.2, 0.25) is 0 Å². The molecule has 228 valence electrons. The normalized spacial score (nSPS) is 15.1. The minimum Gasteiger partial charge on any atom is -0.465 e. The van der Waals surface area contributed by atoms with E-state index in [1.807, 2.05) is 55.5 Å². The Morgan fingerprint density at radius 2 is 1.55 bits per heavy atom. The van der Waals surface area contributed by atoms with Crippen LogP contribution in [-0.4, -0.2) is 56.5 Å². The van der Waals surface area contributed by atoms with E-state index >= 15 is 0 Å². The lowest BCUT2D eigenvalue weighted by Crippen LogP contribution is -2.55. The summed E-state index contributed by atoms with van der Waals surface area (Å²) in [6.45, 7) is 3.87. The highest BCUT2D eigenvalue weighted by Gasteiger charge is 2.38. The minimum absolute atomic E-state index is 0. The molecule has 0 bridgehead atoms.